The van der Waals surface area contributed by atoms with Crippen molar-refractivity contribution >= 4 is 0 Å². The van der Waals surface area contributed by atoms with Crippen LogP contribution in [0.3, 0.4) is 0 Å². The fourth-order valence-electron chi connectivity index (χ4n) is 3.30. The average Bonchev–Trinajstić information content (AvgIpc) is 2.98. The number of aliphatic hydroxyl groups is 1. The maximum atomic E-state index is 12.7. The van der Waals surface area contributed by atoms with Crippen molar-refractivity contribution in [3.63, 3.8) is 0 Å². The van der Waals surface area contributed by atoms with E-state index in [1.807, 2.05) is 0 Å². The van der Waals surface area contributed by atoms with Gasteiger partial charge in [-0.2, -0.15) is 8.78 Å². The second-order valence-electron chi connectivity index (χ2n) is 5.29. The van der Waals surface area contributed by atoms with Crippen LogP contribution in [0, 0.1) is 11.8 Å². The lowest BCUT2D eigenvalue weighted by atomic mass is 10.00. The molecule has 0 amide bonds. The number of nitrogens with zero attached hydrogens (tertiary/aromatic N) is 3. The number of alkyl halides is 2. The Morgan fingerprint density at radius 2 is 2.22 bits per heavy atom. The summed E-state index contributed by atoms with van der Waals surface area (Å²) < 4.78 is 26.3. The van der Waals surface area contributed by atoms with E-state index in [0.29, 0.717) is 24.2 Å². The smallest absolute Gasteiger partial charge is 0.319 e. The molecule has 18 heavy (non-hydrogen) atoms. The maximum Gasteiger partial charge on any atom is 0.319 e. The van der Waals surface area contributed by atoms with Crippen molar-refractivity contribution in [3.8, 4) is 0 Å². The summed E-state index contributed by atoms with van der Waals surface area (Å²) in [6.45, 7) is -0.410. The molecule has 0 spiro atoms. The number of halogens is 2. The van der Waals surface area contributed by atoms with Gasteiger partial charge in [-0.05, 0) is 18.8 Å². The van der Waals surface area contributed by atoms with Crippen LogP contribution in [-0.4, -0.2) is 38.8 Å². The largest absolute Gasteiger partial charge is 0.393 e. The zero-order valence-electron chi connectivity index (χ0n) is 10.0. The molecule has 1 aliphatic carbocycles. The molecule has 2 aliphatic rings. The first-order valence-corrected chi connectivity index (χ1v) is 6.35. The molecule has 2 heterocycles. The molecular weight excluding hydrogens is 240 g/mol. The Hall–Kier alpha value is -1.01. The van der Waals surface area contributed by atoms with Crippen molar-refractivity contribution in [3.05, 3.63) is 18.2 Å². The standard InChI is InChI=1S/C12H17F2N3O/c13-12(14)17-4-3-15-11(17)7-16-5-8-1-2-10(18)9(8)6-16/h3-4,8-10,12,18H,1-2,5-7H2. The van der Waals surface area contributed by atoms with Gasteiger partial charge in [0.15, 0.2) is 0 Å². The van der Waals surface area contributed by atoms with Gasteiger partial charge < -0.3 is 5.11 Å². The van der Waals surface area contributed by atoms with Crippen molar-refractivity contribution in [2.75, 3.05) is 13.1 Å². The number of fused-ring (bicyclic) bond motifs is 1. The summed E-state index contributed by atoms with van der Waals surface area (Å²) in [5.41, 5.74) is 0. The molecule has 0 aromatic carbocycles. The molecule has 6 heteroatoms. The molecule has 1 saturated heterocycles. The molecule has 0 radical (unpaired) electrons. The van der Waals surface area contributed by atoms with Crippen LogP contribution in [-0.2, 0) is 6.54 Å². The number of hydrogen-bond donors (Lipinski definition) is 1. The third kappa shape index (κ3) is 2.03. The summed E-state index contributed by atoms with van der Waals surface area (Å²) in [7, 11) is 0. The van der Waals surface area contributed by atoms with Gasteiger partial charge in [0.2, 0.25) is 0 Å². The highest BCUT2D eigenvalue weighted by molar-refractivity contribution is 4.98. The maximum absolute atomic E-state index is 12.7. The van der Waals surface area contributed by atoms with Crippen molar-refractivity contribution in [2.45, 2.75) is 32.0 Å². The van der Waals surface area contributed by atoms with Crippen LogP contribution in [0.5, 0.6) is 0 Å². The Labute approximate surface area is 104 Å². The number of hydrogen-bond acceptors (Lipinski definition) is 3. The van der Waals surface area contributed by atoms with Gasteiger partial charge >= 0.3 is 6.55 Å². The lowest BCUT2D eigenvalue weighted by Gasteiger charge is -2.18. The lowest BCUT2D eigenvalue weighted by Crippen LogP contribution is -2.26. The monoisotopic (exact) mass is 257 g/mol. The normalized spacial score (nSPS) is 32.3. The van der Waals surface area contributed by atoms with Crippen molar-refractivity contribution in [2.24, 2.45) is 11.8 Å². The minimum Gasteiger partial charge on any atom is -0.393 e. The van der Waals surface area contributed by atoms with E-state index in [9.17, 15) is 13.9 Å². The summed E-state index contributed by atoms with van der Waals surface area (Å²) in [4.78, 5) is 6.12. The fraction of sp³-hybridized carbons (Fsp3) is 0.750. The van der Waals surface area contributed by atoms with Crippen molar-refractivity contribution < 1.29 is 13.9 Å². The SMILES string of the molecule is OC1CCC2CN(Cc3nccn3C(F)F)CC12. The van der Waals surface area contributed by atoms with E-state index in [4.69, 9.17) is 0 Å². The van der Waals surface area contributed by atoms with Gasteiger partial charge in [0.25, 0.3) is 0 Å². The minimum atomic E-state index is -2.53. The summed E-state index contributed by atoms with van der Waals surface area (Å²) >= 11 is 0. The van der Waals surface area contributed by atoms with Gasteiger partial charge in [-0.15, -0.1) is 0 Å². The molecule has 3 atom stereocenters. The first kappa shape index (κ1) is 12.0. The number of likely N-dealkylation sites (tertiary alicyclic amines) is 1. The van der Waals surface area contributed by atoms with Gasteiger partial charge in [0, 0.05) is 31.4 Å². The molecule has 1 saturated carbocycles. The van der Waals surface area contributed by atoms with Crippen molar-refractivity contribution in [1.29, 1.82) is 0 Å². The Balaban J connectivity index is 1.66. The molecule has 100 valence electrons. The van der Waals surface area contributed by atoms with Crippen LogP contribution in [0.25, 0.3) is 0 Å². The molecular formula is C12H17F2N3O. The molecule has 3 unspecified atom stereocenters. The van der Waals surface area contributed by atoms with E-state index in [2.05, 4.69) is 9.88 Å². The van der Waals surface area contributed by atoms with Gasteiger partial charge in [0.05, 0.1) is 12.6 Å². The first-order valence-electron chi connectivity index (χ1n) is 6.35. The Bertz CT molecular complexity index is 423. The molecule has 1 aliphatic heterocycles. The van der Waals surface area contributed by atoms with Crippen LogP contribution < -0.4 is 0 Å². The van der Waals surface area contributed by atoms with E-state index < -0.39 is 6.55 Å². The first-order chi connectivity index (χ1) is 8.65. The molecule has 4 nitrogen and oxygen atoms in total. The highest BCUT2D eigenvalue weighted by atomic mass is 19.3. The Morgan fingerprint density at radius 1 is 1.39 bits per heavy atom. The summed E-state index contributed by atoms with van der Waals surface area (Å²) in [6, 6.07) is 0. The Kier molecular flexibility index (Phi) is 3.07. The molecule has 0 bridgehead atoms. The zero-order chi connectivity index (χ0) is 12.7. The topological polar surface area (TPSA) is 41.3 Å². The molecule has 1 aromatic heterocycles. The van der Waals surface area contributed by atoms with Crippen LogP contribution in [0.15, 0.2) is 12.4 Å². The Morgan fingerprint density at radius 3 is 2.94 bits per heavy atom. The van der Waals surface area contributed by atoms with E-state index in [1.54, 1.807) is 0 Å². The fourth-order valence-corrected chi connectivity index (χ4v) is 3.30. The van der Waals surface area contributed by atoms with Crippen LogP contribution in [0.4, 0.5) is 8.78 Å². The van der Waals surface area contributed by atoms with Gasteiger partial charge in [-0.25, -0.2) is 4.98 Å². The van der Waals surface area contributed by atoms with Crippen LogP contribution >= 0.6 is 0 Å². The average molecular weight is 257 g/mol. The predicted molar refractivity (Wildman–Crippen MR) is 61.0 cm³/mol. The molecule has 3 rings (SSSR count). The third-order valence-corrected chi connectivity index (χ3v) is 4.22. The van der Waals surface area contributed by atoms with Gasteiger partial charge in [-0.1, -0.05) is 0 Å². The molecule has 2 fully saturated rings. The quantitative estimate of drug-likeness (QED) is 0.891. The number of rotatable bonds is 3. The predicted octanol–water partition coefficient (Wildman–Crippen LogP) is 1.48. The molecule has 1 N–H and O–H groups in total. The molecule has 1 aromatic rings. The van der Waals surface area contributed by atoms with E-state index >= 15 is 0 Å². The lowest BCUT2D eigenvalue weighted by molar-refractivity contribution is 0.0638. The van der Waals surface area contributed by atoms with Gasteiger partial charge in [0.1, 0.15) is 5.82 Å². The zero-order valence-corrected chi connectivity index (χ0v) is 10.0. The van der Waals surface area contributed by atoms with Crippen molar-refractivity contribution in [1.82, 2.24) is 14.5 Å². The van der Waals surface area contributed by atoms with E-state index in [1.165, 1.54) is 12.4 Å². The second-order valence-corrected chi connectivity index (χ2v) is 5.29. The summed E-state index contributed by atoms with van der Waals surface area (Å²) in [5, 5.41) is 9.82. The summed E-state index contributed by atoms with van der Waals surface area (Å²) in [6.07, 6.45) is 4.44. The highest BCUT2D eigenvalue weighted by Crippen LogP contribution is 2.38. The van der Waals surface area contributed by atoms with E-state index in [0.717, 1.165) is 30.5 Å². The highest BCUT2D eigenvalue weighted by Gasteiger charge is 2.41. The van der Waals surface area contributed by atoms with E-state index in [-0.39, 0.29) is 6.10 Å². The third-order valence-electron chi connectivity index (χ3n) is 4.22. The number of imidazole rings is 1. The van der Waals surface area contributed by atoms with Gasteiger partial charge in [-0.3, -0.25) is 9.47 Å². The second kappa shape index (κ2) is 4.59. The minimum absolute atomic E-state index is 0.213. The number of aromatic nitrogens is 2. The number of aliphatic hydroxyl groups excluding tert-OH is 1. The van der Waals surface area contributed by atoms with Crippen LogP contribution in [0.2, 0.25) is 0 Å². The van der Waals surface area contributed by atoms with Crippen LogP contribution in [0.1, 0.15) is 25.2 Å². The summed E-state index contributed by atoms with van der Waals surface area (Å²) in [5.74, 6) is 1.24.